The Hall–Kier alpha value is -2.73. The summed E-state index contributed by atoms with van der Waals surface area (Å²) in [6.45, 7) is 2.98. The van der Waals surface area contributed by atoms with Crippen molar-refractivity contribution in [3.8, 4) is 11.5 Å². The Morgan fingerprint density at radius 2 is 1.92 bits per heavy atom. The Labute approximate surface area is 153 Å². The Kier molecular flexibility index (Phi) is 5.04. The van der Waals surface area contributed by atoms with Gasteiger partial charge in [0.1, 0.15) is 17.9 Å². The van der Waals surface area contributed by atoms with Gasteiger partial charge in [-0.15, -0.1) is 0 Å². The standard InChI is InChI=1S/C19H15ClF2N2O2/c1-10-15(21)7-13(8-16(10)22)11(2)23-18(25)17-9-26-19(24-17)12-4-3-5-14(20)6-12/h3-9,11H,1-2H3,(H,23,25). The third-order valence-corrected chi connectivity index (χ3v) is 4.19. The van der Waals surface area contributed by atoms with Crippen LogP contribution in [-0.2, 0) is 0 Å². The summed E-state index contributed by atoms with van der Waals surface area (Å²) < 4.78 is 32.7. The van der Waals surface area contributed by atoms with Gasteiger partial charge in [0.25, 0.3) is 5.91 Å². The number of halogens is 3. The van der Waals surface area contributed by atoms with E-state index in [0.717, 1.165) is 0 Å². The molecule has 2 aromatic carbocycles. The van der Waals surface area contributed by atoms with Crippen LogP contribution >= 0.6 is 11.6 Å². The molecule has 1 aromatic heterocycles. The Morgan fingerprint density at radius 3 is 2.58 bits per heavy atom. The molecule has 0 saturated heterocycles. The van der Waals surface area contributed by atoms with Crippen LogP contribution in [0.2, 0.25) is 5.02 Å². The van der Waals surface area contributed by atoms with Gasteiger partial charge < -0.3 is 9.73 Å². The summed E-state index contributed by atoms with van der Waals surface area (Å²) in [7, 11) is 0. The van der Waals surface area contributed by atoms with E-state index in [1.165, 1.54) is 25.3 Å². The number of hydrogen-bond acceptors (Lipinski definition) is 3. The van der Waals surface area contributed by atoms with Crippen molar-refractivity contribution in [2.24, 2.45) is 0 Å². The van der Waals surface area contributed by atoms with Crippen LogP contribution in [-0.4, -0.2) is 10.9 Å². The average molecular weight is 377 g/mol. The van der Waals surface area contributed by atoms with Crippen LogP contribution in [0.5, 0.6) is 0 Å². The van der Waals surface area contributed by atoms with Crippen molar-refractivity contribution in [2.75, 3.05) is 0 Å². The first-order chi connectivity index (χ1) is 12.3. The second-order valence-corrected chi connectivity index (χ2v) is 6.29. The zero-order chi connectivity index (χ0) is 18.8. The number of nitrogens with one attached hydrogen (secondary N) is 1. The molecule has 0 aliphatic rings. The van der Waals surface area contributed by atoms with Crippen molar-refractivity contribution in [3.05, 3.63) is 76.1 Å². The molecule has 0 fully saturated rings. The van der Waals surface area contributed by atoms with E-state index in [-0.39, 0.29) is 17.1 Å². The van der Waals surface area contributed by atoms with Crippen LogP contribution in [0.3, 0.4) is 0 Å². The SMILES string of the molecule is Cc1c(F)cc(C(C)NC(=O)c2coc(-c3cccc(Cl)c3)n2)cc1F. The number of oxazole rings is 1. The van der Waals surface area contributed by atoms with E-state index in [2.05, 4.69) is 10.3 Å². The average Bonchev–Trinajstić information content (AvgIpc) is 3.09. The van der Waals surface area contributed by atoms with Crippen molar-refractivity contribution >= 4 is 17.5 Å². The van der Waals surface area contributed by atoms with Gasteiger partial charge in [0.2, 0.25) is 5.89 Å². The van der Waals surface area contributed by atoms with E-state index in [9.17, 15) is 13.6 Å². The van der Waals surface area contributed by atoms with Gasteiger partial charge in [-0.25, -0.2) is 13.8 Å². The monoisotopic (exact) mass is 376 g/mol. The lowest BCUT2D eigenvalue weighted by atomic mass is 10.1. The van der Waals surface area contributed by atoms with Crippen LogP contribution in [0.25, 0.3) is 11.5 Å². The molecular weight excluding hydrogens is 362 g/mol. The van der Waals surface area contributed by atoms with Gasteiger partial charge in [-0.3, -0.25) is 4.79 Å². The number of benzene rings is 2. The first kappa shape index (κ1) is 18.1. The van der Waals surface area contributed by atoms with E-state index in [4.69, 9.17) is 16.0 Å². The van der Waals surface area contributed by atoms with Crippen molar-refractivity contribution in [1.82, 2.24) is 10.3 Å². The minimum Gasteiger partial charge on any atom is -0.444 e. The van der Waals surface area contributed by atoms with Crippen molar-refractivity contribution in [3.63, 3.8) is 0 Å². The molecule has 1 atom stereocenters. The fourth-order valence-corrected chi connectivity index (χ4v) is 2.59. The molecule has 7 heteroatoms. The van der Waals surface area contributed by atoms with E-state index < -0.39 is 23.6 Å². The zero-order valence-electron chi connectivity index (χ0n) is 14.0. The summed E-state index contributed by atoms with van der Waals surface area (Å²) in [4.78, 5) is 16.5. The topological polar surface area (TPSA) is 55.1 Å². The number of amides is 1. The fourth-order valence-electron chi connectivity index (χ4n) is 2.40. The smallest absolute Gasteiger partial charge is 0.273 e. The quantitative estimate of drug-likeness (QED) is 0.691. The highest BCUT2D eigenvalue weighted by Gasteiger charge is 2.18. The Balaban J connectivity index is 1.76. The minimum atomic E-state index is -0.661. The summed E-state index contributed by atoms with van der Waals surface area (Å²) in [6, 6.07) is 8.65. The minimum absolute atomic E-state index is 0.0554. The molecule has 0 spiro atoms. The lowest BCUT2D eigenvalue weighted by Gasteiger charge is -2.14. The van der Waals surface area contributed by atoms with Gasteiger partial charge in [0.15, 0.2) is 5.69 Å². The third kappa shape index (κ3) is 3.75. The Bertz CT molecular complexity index is 949. The van der Waals surface area contributed by atoms with Gasteiger partial charge in [0, 0.05) is 16.1 Å². The van der Waals surface area contributed by atoms with Crippen LogP contribution in [0.1, 0.15) is 34.6 Å². The lowest BCUT2D eigenvalue weighted by molar-refractivity contribution is 0.0934. The number of rotatable bonds is 4. The van der Waals surface area contributed by atoms with Gasteiger partial charge in [-0.05, 0) is 49.7 Å². The number of carbonyl (C=O) groups is 1. The normalized spacial score (nSPS) is 12.0. The van der Waals surface area contributed by atoms with Crippen molar-refractivity contribution < 1.29 is 18.0 Å². The molecule has 1 N–H and O–H groups in total. The highest BCUT2D eigenvalue weighted by Crippen LogP contribution is 2.23. The predicted octanol–water partition coefficient (Wildman–Crippen LogP) is 5.07. The summed E-state index contributed by atoms with van der Waals surface area (Å²) >= 11 is 5.93. The van der Waals surface area contributed by atoms with E-state index in [1.54, 1.807) is 31.2 Å². The Morgan fingerprint density at radius 1 is 1.23 bits per heavy atom. The molecule has 3 aromatic rings. The summed E-state index contributed by atoms with van der Waals surface area (Å²) in [5.41, 5.74) is 0.944. The van der Waals surface area contributed by atoms with Gasteiger partial charge in [-0.2, -0.15) is 0 Å². The number of carbonyl (C=O) groups excluding carboxylic acids is 1. The van der Waals surface area contributed by atoms with Gasteiger partial charge in [0.05, 0.1) is 6.04 Å². The number of aromatic nitrogens is 1. The molecule has 1 amide bonds. The predicted molar refractivity (Wildman–Crippen MR) is 93.9 cm³/mol. The summed E-state index contributed by atoms with van der Waals surface area (Å²) in [6.07, 6.45) is 1.22. The highest BCUT2D eigenvalue weighted by molar-refractivity contribution is 6.30. The van der Waals surface area contributed by atoms with Crippen LogP contribution in [0, 0.1) is 18.6 Å². The molecule has 0 bridgehead atoms. The number of nitrogens with zero attached hydrogens (tertiary/aromatic N) is 1. The molecule has 0 aliphatic heterocycles. The zero-order valence-corrected chi connectivity index (χ0v) is 14.8. The molecule has 3 rings (SSSR count). The number of hydrogen-bond donors (Lipinski definition) is 1. The summed E-state index contributed by atoms with van der Waals surface area (Å²) in [5.74, 6) is -1.59. The molecule has 1 unspecified atom stereocenters. The largest absolute Gasteiger partial charge is 0.444 e. The second-order valence-electron chi connectivity index (χ2n) is 5.85. The maximum Gasteiger partial charge on any atom is 0.273 e. The molecule has 0 saturated carbocycles. The van der Waals surface area contributed by atoms with Gasteiger partial charge >= 0.3 is 0 Å². The molecular formula is C19H15ClF2N2O2. The lowest BCUT2D eigenvalue weighted by Crippen LogP contribution is -2.27. The maximum atomic E-state index is 13.7. The molecule has 4 nitrogen and oxygen atoms in total. The third-order valence-electron chi connectivity index (χ3n) is 3.96. The first-order valence-corrected chi connectivity index (χ1v) is 8.21. The van der Waals surface area contributed by atoms with Crippen LogP contribution in [0.15, 0.2) is 47.1 Å². The summed E-state index contributed by atoms with van der Waals surface area (Å²) in [5, 5.41) is 3.16. The molecule has 26 heavy (non-hydrogen) atoms. The molecule has 0 aliphatic carbocycles. The molecule has 1 heterocycles. The molecule has 134 valence electrons. The van der Waals surface area contributed by atoms with Crippen molar-refractivity contribution in [1.29, 1.82) is 0 Å². The van der Waals surface area contributed by atoms with E-state index in [1.807, 2.05) is 0 Å². The first-order valence-electron chi connectivity index (χ1n) is 7.83. The van der Waals surface area contributed by atoms with Crippen LogP contribution < -0.4 is 5.32 Å². The fraction of sp³-hybridized carbons (Fsp3) is 0.158. The highest BCUT2D eigenvalue weighted by atomic mass is 35.5. The second kappa shape index (κ2) is 7.25. The van der Waals surface area contributed by atoms with Crippen molar-refractivity contribution in [2.45, 2.75) is 19.9 Å². The van der Waals surface area contributed by atoms with Gasteiger partial charge in [-0.1, -0.05) is 17.7 Å². The van der Waals surface area contributed by atoms with E-state index in [0.29, 0.717) is 16.1 Å². The van der Waals surface area contributed by atoms with Crippen LogP contribution in [0.4, 0.5) is 8.78 Å². The molecule has 0 radical (unpaired) electrons. The maximum absolute atomic E-state index is 13.7. The van der Waals surface area contributed by atoms with E-state index >= 15 is 0 Å².